The van der Waals surface area contributed by atoms with Gasteiger partial charge in [-0.15, -0.1) is 0 Å². The molecule has 0 radical (unpaired) electrons. The van der Waals surface area contributed by atoms with Gasteiger partial charge in [0.2, 0.25) is 5.91 Å². The fourth-order valence-electron chi connectivity index (χ4n) is 1.51. The van der Waals surface area contributed by atoms with E-state index in [1.165, 1.54) is 0 Å². The van der Waals surface area contributed by atoms with Crippen LogP contribution in [-0.2, 0) is 4.79 Å². The Kier molecular flexibility index (Phi) is 6.80. The number of hydrogen-bond donors (Lipinski definition) is 2. The molecule has 2 N–H and O–H groups in total. The van der Waals surface area contributed by atoms with E-state index in [1.54, 1.807) is 0 Å². The molecule has 4 heteroatoms. The summed E-state index contributed by atoms with van der Waals surface area (Å²) in [5.41, 5.74) is 1.03. The largest absolute Gasteiger partial charge is 0.384 e. The lowest BCUT2D eigenvalue weighted by atomic mass is 10.1. The summed E-state index contributed by atoms with van der Waals surface area (Å²) in [7, 11) is 0. The van der Waals surface area contributed by atoms with Gasteiger partial charge in [-0.2, -0.15) is 0 Å². The van der Waals surface area contributed by atoms with Crippen LogP contribution in [0.3, 0.4) is 0 Å². The molecule has 0 aliphatic carbocycles. The van der Waals surface area contributed by atoms with Crippen molar-refractivity contribution in [1.82, 2.24) is 5.32 Å². The predicted molar refractivity (Wildman–Crippen MR) is 79.7 cm³/mol. The number of carbonyl (C=O) groups excluding carboxylic acids is 1. The van der Waals surface area contributed by atoms with E-state index in [4.69, 9.17) is 0 Å². The van der Waals surface area contributed by atoms with Crippen LogP contribution in [0.4, 0.5) is 5.69 Å². The highest BCUT2D eigenvalue weighted by Crippen LogP contribution is 2.15. The average Bonchev–Trinajstić information content (AvgIpc) is 2.28. The molecule has 100 valence electrons. The van der Waals surface area contributed by atoms with Gasteiger partial charge < -0.3 is 10.6 Å². The zero-order chi connectivity index (χ0) is 13.4. The normalized spacial score (nSPS) is 10.4. The number of benzene rings is 1. The number of amides is 1. The molecule has 0 heterocycles. The highest BCUT2D eigenvalue weighted by molar-refractivity contribution is 9.10. The summed E-state index contributed by atoms with van der Waals surface area (Å²) in [4.78, 5) is 11.5. The lowest BCUT2D eigenvalue weighted by Crippen LogP contribution is -2.27. The van der Waals surface area contributed by atoms with E-state index >= 15 is 0 Å². The van der Waals surface area contributed by atoms with Crippen molar-refractivity contribution in [2.45, 2.75) is 26.7 Å². The zero-order valence-corrected chi connectivity index (χ0v) is 12.6. The Bertz CT molecular complexity index is 380. The van der Waals surface area contributed by atoms with Gasteiger partial charge in [0.05, 0.1) is 0 Å². The monoisotopic (exact) mass is 312 g/mol. The van der Waals surface area contributed by atoms with Gasteiger partial charge in [-0.25, -0.2) is 0 Å². The first kappa shape index (κ1) is 15.0. The second-order valence-electron chi connectivity index (χ2n) is 4.72. The number of nitrogens with one attached hydrogen (secondary N) is 2. The van der Waals surface area contributed by atoms with Gasteiger partial charge in [0, 0.05) is 29.7 Å². The van der Waals surface area contributed by atoms with Crippen molar-refractivity contribution in [2.75, 3.05) is 18.4 Å². The molecule has 0 saturated carbocycles. The fraction of sp³-hybridized carbons (Fsp3) is 0.500. The molecular weight excluding hydrogens is 292 g/mol. The maximum Gasteiger partial charge on any atom is 0.221 e. The standard InChI is InChI=1S/C14H21BrN2O/c1-11(2)6-8-17-14(18)7-9-16-13-5-3-4-12(15)10-13/h3-5,10-11,16H,6-9H2,1-2H3,(H,17,18). The number of halogens is 1. The van der Waals surface area contributed by atoms with Crippen LogP contribution >= 0.6 is 15.9 Å². The van der Waals surface area contributed by atoms with Crippen molar-refractivity contribution >= 4 is 27.5 Å². The molecule has 0 atom stereocenters. The predicted octanol–water partition coefficient (Wildman–Crippen LogP) is 3.41. The summed E-state index contributed by atoms with van der Waals surface area (Å²) < 4.78 is 1.04. The third kappa shape index (κ3) is 6.64. The molecule has 0 aliphatic heterocycles. The van der Waals surface area contributed by atoms with Gasteiger partial charge in [0.15, 0.2) is 0 Å². The first-order valence-electron chi connectivity index (χ1n) is 6.34. The molecule has 0 unspecified atom stereocenters. The van der Waals surface area contributed by atoms with E-state index in [9.17, 15) is 4.79 Å². The van der Waals surface area contributed by atoms with Gasteiger partial charge in [-0.1, -0.05) is 35.8 Å². The molecule has 3 nitrogen and oxygen atoms in total. The Morgan fingerprint density at radius 2 is 2.11 bits per heavy atom. The minimum Gasteiger partial charge on any atom is -0.384 e. The van der Waals surface area contributed by atoms with Crippen LogP contribution in [0.25, 0.3) is 0 Å². The molecule has 0 aromatic heterocycles. The highest BCUT2D eigenvalue weighted by atomic mass is 79.9. The average molecular weight is 313 g/mol. The van der Waals surface area contributed by atoms with Crippen molar-refractivity contribution in [3.8, 4) is 0 Å². The molecule has 1 rings (SSSR count). The molecule has 0 bridgehead atoms. The van der Waals surface area contributed by atoms with E-state index in [0.717, 1.165) is 23.1 Å². The van der Waals surface area contributed by atoms with E-state index < -0.39 is 0 Å². The summed E-state index contributed by atoms with van der Waals surface area (Å²) in [6, 6.07) is 7.93. The van der Waals surface area contributed by atoms with Gasteiger partial charge in [-0.3, -0.25) is 4.79 Å². The van der Waals surface area contributed by atoms with Crippen molar-refractivity contribution in [2.24, 2.45) is 5.92 Å². The Morgan fingerprint density at radius 3 is 2.78 bits per heavy atom. The van der Waals surface area contributed by atoms with Crippen LogP contribution in [0, 0.1) is 5.92 Å². The number of hydrogen-bond acceptors (Lipinski definition) is 2. The van der Waals surface area contributed by atoms with Crippen LogP contribution < -0.4 is 10.6 Å². The number of carbonyl (C=O) groups is 1. The summed E-state index contributed by atoms with van der Waals surface area (Å²) >= 11 is 3.41. The molecular formula is C14H21BrN2O. The van der Waals surface area contributed by atoms with Crippen molar-refractivity contribution in [1.29, 1.82) is 0 Å². The van der Waals surface area contributed by atoms with Crippen LogP contribution in [0.1, 0.15) is 26.7 Å². The Hall–Kier alpha value is -1.03. The van der Waals surface area contributed by atoms with Crippen LogP contribution in [0.5, 0.6) is 0 Å². The van der Waals surface area contributed by atoms with Gasteiger partial charge >= 0.3 is 0 Å². The molecule has 1 aromatic carbocycles. The lowest BCUT2D eigenvalue weighted by Gasteiger charge is -2.08. The molecule has 0 aliphatic rings. The van der Waals surface area contributed by atoms with E-state index in [2.05, 4.69) is 40.4 Å². The van der Waals surface area contributed by atoms with Crippen LogP contribution in [0.2, 0.25) is 0 Å². The molecule has 0 fully saturated rings. The maximum atomic E-state index is 11.5. The minimum atomic E-state index is 0.109. The van der Waals surface area contributed by atoms with Crippen LogP contribution in [-0.4, -0.2) is 19.0 Å². The number of rotatable bonds is 7. The third-order valence-electron chi connectivity index (χ3n) is 2.55. The quantitative estimate of drug-likeness (QED) is 0.810. The topological polar surface area (TPSA) is 41.1 Å². The summed E-state index contributed by atoms with van der Waals surface area (Å²) in [5.74, 6) is 0.739. The van der Waals surface area contributed by atoms with Gasteiger partial charge in [-0.05, 0) is 30.5 Å². The highest BCUT2D eigenvalue weighted by Gasteiger charge is 2.01. The Balaban J connectivity index is 2.15. The lowest BCUT2D eigenvalue weighted by molar-refractivity contribution is -0.120. The minimum absolute atomic E-state index is 0.109. The zero-order valence-electron chi connectivity index (χ0n) is 11.0. The molecule has 18 heavy (non-hydrogen) atoms. The SMILES string of the molecule is CC(C)CCNC(=O)CCNc1cccc(Br)c1. The van der Waals surface area contributed by atoms with E-state index in [-0.39, 0.29) is 5.91 Å². The van der Waals surface area contributed by atoms with E-state index in [1.807, 2.05) is 24.3 Å². The van der Waals surface area contributed by atoms with Gasteiger partial charge in [0.25, 0.3) is 0 Å². The van der Waals surface area contributed by atoms with Crippen molar-refractivity contribution in [3.63, 3.8) is 0 Å². The van der Waals surface area contributed by atoms with Gasteiger partial charge in [0.1, 0.15) is 0 Å². The first-order chi connectivity index (χ1) is 8.58. The Morgan fingerprint density at radius 1 is 1.33 bits per heavy atom. The summed E-state index contributed by atoms with van der Waals surface area (Å²) in [6.45, 7) is 5.74. The molecule has 0 saturated heterocycles. The third-order valence-corrected chi connectivity index (χ3v) is 3.04. The van der Waals surface area contributed by atoms with Crippen LogP contribution in [0.15, 0.2) is 28.7 Å². The molecule has 1 aromatic rings. The smallest absolute Gasteiger partial charge is 0.221 e. The summed E-state index contributed by atoms with van der Waals surface area (Å²) in [5, 5.41) is 6.15. The molecule has 1 amide bonds. The Labute approximate surface area is 117 Å². The summed E-state index contributed by atoms with van der Waals surface area (Å²) in [6.07, 6.45) is 1.54. The second kappa shape index (κ2) is 8.14. The first-order valence-corrected chi connectivity index (χ1v) is 7.13. The van der Waals surface area contributed by atoms with Crippen molar-refractivity contribution in [3.05, 3.63) is 28.7 Å². The maximum absolute atomic E-state index is 11.5. The molecule has 0 spiro atoms. The fourth-order valence-corrected chi connectivity index (χ4v) is 1.91. The van der Waals surface area contributed by atoms with Crippen molar-refractivity contribution < 1.29 is 4.79 Å². The van der Waals surface area contributed by atoms with E-state index in [0.29, 0.717) is 18.9 Å². The second-order valence-corrected chi connectivity index (χ2v) is 5.64. The number of anilines is 1.